The molecule has 5 rings (SSSR count). The quantitative estimate of drug-likeness (QED) is 0.506. The van der Waals surface area contributed by atoms with E-state index < -0.39 is 0 Å². The van der Waals surface area contributed by atoms with Crippen LogP contribution in [0.25, 0.3) is 21.1 Å². The third-order valence-corrected chi connectivity index (χ3v) is 6.81. The molecule has 2 aromatic carbocycles. The van der Waals surface area contributed by atoms with Crippen LogP contribution in [0.1, 0.15) is 41.0 Å². The molecule has 30 heavy (non-hydrogen) atoms. The largest absolute Gasteiger partial charge is 0.299 e. The number of aryl methyl sites for hydroxylation is 1. The topological polar surface area (TPSA) is 58.1 Å². The molecule has 1 aliphatic rings. The Bertz CT molecular complexity index is 1260. The SMILES string of the molecule is CCc1ccc2nc(NC(=O)c3c4c(nc5ccccc35)CCN(CC)C4)sc2c1. The molecule has 5 nitrogen and oxygen atoms in total. The molecule has 1 aliphatic heterocycles. The molecule has 0 radical (unpaired) electrons. The lowest BCUT2D eigenvalue weighted by Crippen LogP contribution is -2.33. The van der Waals surface area contributed by atoms with Crippen molar-refractivity contribution in [1.82, 2.24) is 14.9 Å². The molecule has 0 atom stereocenters. The number of amides is 1. The third kappa shape index (κ3) is 3.36. The van der Waals surface area contributed by atoms with Crippen LogP contribution in [0.15, 0.2) is 42.5 Å². The van der Waals surface area contributed by atoms with Crippen molar-refractivity contribution < 1.29 is 4.79 Å². The van der Waals surface area contributed by atoms with Gasteiger partial charge in [-0.2, -0.15) is 0 Å². The number of fused-ring (bicyclic) bond motifs is 3. The number of anilines is 1. The fourth-order valence-electron chi connectivity index (χ4n) is 4.18. The minimum absolute atomic E-state index is 0.0995. The second-order valence-corrected chi connectivity index (χ2v) is 8.71. The average Bonchev–Trinajstić information content (AvgIpc) is 3.18. The van der Waals surface area contributed by atoms with E-state index in [4.69, 9.17) is 4.98 Å². The number of likely N-dealkylation sites (N-methyl/N-ethyl adjacent to an activating group) is 1. The summed E-state index contributed by atoms with van der Waals surface area (Å²) < 4.78 is 1.10. The van der Waals surface area contributed by atoms with Gasteiger partial charge < -0.3 is 0 Å². The predicted molar refractivity (Wildman–Crippen MR) is 123 cm³/mol. The van der Waals surface area contributed by atoms with Crippen LogP contribution in [-0.4, -0.2) is 33.9 Å². The monoisotopic (exact) mass is 416 g/mol. The van der Waals surface area contributed by atoms with E-state index in [2.05, 4.69) is 41.2 Å². The molecule has 4 aromatic rings. The molecular weight excluding hydrogens is 392 g/mol. The molecule has 0 aliphatic carbocycles. The lowest BCUT2D eigenvalue weighted by molar-refractivity contribution is 0.102. The number of hydrogen-bond donors (Lipinski definition) is 1. The van der Waals surface area contributed by atoms with E-state index >= 15 is 0 Å². The maximum absolute atomic E-state index is 13.5. The fourth-order valence-corrected chi connectivity index (χ4v) is 5.10. The molecular formula is C24H24N4OS. The number of rotatable bonds is 4. The Labute approximate surface area is 179 Å². The van der Waals surface area contributed by atoms with Crippen LogP contribution < -0.4 is 5.32 Å². The summed E-state index contributed by atoms with van der Waals surface area (Å²) in [6.07, 6.45) is 1.85. The van der Waals surface area contributed by atoms with Crippen LogP contribution in [0, 0.1) is 0 Å². The van der Waals surface area contributed by atoms with Gasteiger partial charge in [-0.15, -0.1) is 0 Å². The zero-order valence-corrected chi connectivity index (χ0v) is 18.1. The number of pyridine rings is 1. The standard InChI is InChI=1S/C24H24N4OS/c1-3-15-9-10-20-21(13-15)30-24(26-20)27-23(29)22-16-7-5-6-8-18(16)25-19-11-12-28(4-2)14-17(19)22/h5-10,13H,3-4,11-12,14H2,1-2H3,(H,26,27,29). The van der Waals surface area contributed by atoms with Crippen LogP contribution in [-0.2, 0) is 19.4 Å². The Morgan fingerprint density at radius 3 is 2.83 bits per heavy atom. The third-order valence-electron chi connectivity index (χ3n) is 5.88. The Kier molecular flexibility index (Phi) is 4.97. The zero-order chi connectivity index (χ0) is 20.7. The first-order valence-corrected chi connectivity index (χ1v) is 11.3. The molecule has 0 spiro atoms. The lowest BCUT2D eigenvalue weighted by atomic mass is 9.95. The summed E-state index contributed by atoms with van der Waals surface area (Å²) in [6.45, 7) is 7.00. The maximum atomic E-state index is 13.5. The van der Waals surface area contributed by atoms with Gasteiger partial charge in [0.05, 0.1) is 21.3 Å². The number of aromatic nitrogens is 2. The van der Waals surface area contributed by atoms with E-state index in [1.807, 2.05) is 30.3 Å². The van der Waals surface area contributed by atoms with E-state index in [9.17, 15) is 4.79 Å². The Morgan fingerprint density at radius 2 is 2.00 bits per heavy atom. The van der Waals surface area contributed by atoms with Gasteiger partial charge in [-0.3, -0.25) is 20.0 Å². The molecule has 3 heterocycles. The van der Waals surface area contributed by atoms with Gasteiger partial charge in [-0.1, -0.05) is 49.4 Å². The molecule has 0 unspecified atom stereocenters. The van der Waals surface area contributed by atoms with Gasteiger partial charge in [-0.05, 0) is 36.7 Å². The highest BCUT2D eigenvalue weighted by Gasteiger charge is 2.25. The second-order valence-electron chi connectivity index (χ2n) is 7.68. The van der Waals surface area contributed by atoms with Gasteiger partial charge in [0.2, 0.25) is 0 Å². The van der Waals surface area contributed by atoms with Crippen molar-refractivity contribution in [2.75, 3.05) is 18.4 Å². The van der Waals surface area contributed by atoms with Crippen LogP contribution in [0.4, 0.5) is 5.13 Å². The summed E-state index contributed by atoms with van der Waals surface area (Å²) >= 11 is 1.53. The molecule has 0 saturated carbocycles. The van der Waals surface area contributed by atoms with Crippen molar-refractivity contribution in [2.24, 2.45) is 0 Å². The summed E-state index contributed by atoms with van der Waals surface area (Å²) in [5, 5.41) is 4.63. The van der Waals surface area contributed by atoms with E-state index in [1.54, 1.807) is 0 Å². The molecule has 1 N–H and O–H groups in total. The van der Waals surface area contributed by atoms with Gasteiger partial charge >= 0.3 is 0 Å². The van der Waals surface area contributed by atoms with Gasteiger partial charge in [0, 0.05) is 36.2 Å². The number of carbonyl (C=O) groups is 1. The highest BCUT2D eigenvalue weighted by atomic mass is 32.1. The van der Waals surface area contributed by atoms with Crippen molar-refractivity contribution in [1.29, 1.82) is 0 Å². The Hall–Kier alpha value is -2.83. The lowest BCUT2D eigenvalue weighted by Gasteiger charge is -2.29. The number of para-hydroxylation sites is 1. The van der Waals surface area contributed by atoms with Crippen LogP contribution in [0.3, 0.4) is 0 Å². The zero-order valence-electron chi connectivity index (χ0n) is 17.2. The van der Waals surface area contributed by atoms with E-state index in [0.717, 1.165) is 70.4 Å². The van der Waals surface area contributed by atoms with Crippen molar-refractivity contribution >= 4 is 43.5 Å². The molecule has 0 fully saturated rings. The predicted octanol–water partition coefficient (Wildman–Crippen LogP) is 5.04. The van der Waals surface area contributed by atoms with Gasteiger partial charge in [-0.25, -0.2) is 4.98 Å². The normalized spacial score (nSPS) is 14.2. The number of nitrogens with one attached hydrogen (secondary N) is 1. The van der Waals surface area contributed by atoms with Crippen LogP contribution in [0.2, 0.25) is 0 Å². The first-order valence-electron chi connectivity index (χ1n) is 10.5. The first-order chi connectivity index (χ1) is 14.7. The Balaban J connectivity index is 1.57. The molecule has 152 valence electrons. The molecule has 1 amide bonds. The van der Waals surface area contributed by atoms with Crippen molar-refractivity contribution in [3.8, 4) is 0 Å². The molecule has 6 heteroatoms. The smallest absolute Gasteiger partial charge is 0.258 e. The molecule has 0 bridgehead atoms. The summed E-state index contributed by atoms with van der Waals surface area (Å²) in [5.74, 6) is -0.0995. The highest BCUT2D eigenvalue weighted by molar-refractivity contribution is 7.22. The highest BCUT2D eigenvalue weighted by Crippen LogP contribution is 2.31. The van der Waals surface area contributed by atoms with Gasteiger partial charge in [0.15, 0.2) is 5.13 Å². The van der Waals surface area contributed by atoms with E-state index in [0.29, 0.717) is 5.13 Å². The molecule has 0 saturated heterocycles. The maximum Gasteiger partial charge on any atom is 0.258 e. The number of benzene rings is 2. The number of thiazole rings is 1. The minimum atomic E-state index is -0.0995. The summed E-state index contributed by atoms with van der Waals surface area (Å²) in [7, 11) is 0. The Morgan fingerprint density at radius 1 is 1.13 bits per heavy atom. The van der Waals surface area contributed by atoms with E-state index in [-0.39, 0.29) is 5.91 Å². The summed E-state index contributed by atoms with van der Waals surface area (Å²) in [4.78, 5) is 25.4. The number of carbonyl (C=O) groups excluding carboxylic acids is 1. The van der Waals surface area contributed by atoms with Gasteiger partial charge in [0.1, 0.15) is 0 Å². The molecule has 2 aromatic heterocycles. The number of nitrogens with zero attached hydrogens (tertiary/aromatic N) is 3. The summed E-state index contributed by atoms with van der Waals surface area (Å²) in [5.41, 5.74) is 5.91. The van der Waals surface area contributed by atoms with Gasteiger partial charge in [0.25, 0.3) is 5.91 Å². The van der Waals surface area contributed by atoms with Crippen molar-refractivity contribution in [2.45, 2.75) is 33.2 Å². The average molecular weight is 417 g/mol. The number of hydrogen-bond acceptors (Lipinski definition) is 5. The van der Waals surface area contributed by atoms with Crippen molar-refractivity contribution in [3.05, 3.63) is 64.8 Å². The minimum Gasteiger partial charge on any atom is -0.299 e. The van der Waals surface area contributed by atoms with Crippen molar-refractivity contribution in [3.63, 3.8) is 0 Å². The van der Waals surface area contributed by atoms with E-state index in [1.165, 1.54) is 16.9 Å². The second kappa shape index (κ2) is 7.78. The summed E-state index contributed by atoms with van der Waals surface area (Å²) in [6, 6.07) is 14.2. The van der Waals surface area contributed by atoms with Crippen LogP contribution in [0.5, 0.6) is 0 Å². The van der Waals surface area contributed by atoms with Crippen LogP contribution >= 0.6 is 11.3 Å². The first kappa shape index (κ1) is 19.2. The fraction of sp³-hybridized carbons (Fsp3) is 0.292.